The van der Waals surface area contributed by atoms with Crippen LogP contribution in [0, 0.1) is 18.7 Å². The third-order valence-corrected chi connectivity index (χ3v) is 5.11. The minimum atomic E-state index is -0.210. The van der Waals surface area contributed by atoms with Crippen molar-refractivity contribution in [3.63, 3.8) is 0 Å². The summed E-state index contributed by atoms with van der Waals surface area (Å²) in [4.78, 5) is 4.21. The number of anilines is 2. The van der Waals surface area contributed by atoms with Gasteiger partial charge in [-0.1, -0.05) is 12.1 Å². The highest BCUT2D eigenvalue weighted by Gasteiger charge is 2.16. The van der Waals surface area contributed by atoms with Crippen molar-refractivity contribution in [1.82, 2.24) is 10.3 Å². The van der Waals surface area contributed by atoms with E-state index in [4.69, 9.17) is 5.73 Å². The number of rotatable bonds is 4. The smallest absolute Gasteiger partial charge is 0.131 e. The third kappa shape index (κ3) is 3.22. The van der Waals surface area contributed by atoms with Crippen molar-refractivity contribution >= 4 is 22.3 Å². The first-order valence-corrected chi connectivity index (χ1v) is 9.01. The Morgan fingerprint density at radius 1 is 1.31 bits per heavy atom. The Balaban J connectivity index is 1.80. The predicted molar refractivity (Wildman–Crippen MR) is 106 cm³/mol. The molecule has 1 aliphatic rings. The predicted octanol–water partition coefficient (Wildman–Crippen LogP) is 3.95. The molecule has 4 rings (SSSR count). The van der Waals surface area contributed by atoms with Crippen LogP contribution in [0.1, 0.15) is 12.0 Å². The summed E-state index contributed by atoms with van der Waals surface area (Å²) < 4.78 is 14.5. The van der Waals surface area contributed by atoms with Gasteiger partial charge in [-0.15, -0.1) is 0 Å². The van der Waals surface area contributed by atoms with Crippen LogP contribution in [0.15, 0.2) is 42.6 Å². The summed E-state index contributed by atoms with van der Waals surface area (Å²) in [7, 11) is 0. The molecule has 26 heavy (non-hydrogen) atoms. The summed E-state index contributed by atoms with van der Waals surface area (Å²) in [6.45, 7) is 4.91. The summed E-state index contributed by atoms with van der Waals surface area (Å²) in [5.41, 5.74) is 9.28. The molecule has 4 N–H and O–H groups in total. The number of nitrogen functional groups attached to an aromatic ring is 1. The molecule has 0 bridgehead atoms. The third-order valence-electron chi connectivity index (χ3n) is 5.11. The molecular formula is C21H23FN4. The lowest BCUT2D eigenvalue weighted by molar-refractivity contribution is 0.616. The molecule has 0 amide bonds. The maximum absolute atomic E-state index is 14.5. The molecule has 4 nitrogen and oxygen atoms in total. The summed E-state index contributed by atoms with van der Waals surface area (Å²) in [6, 6.07) is 11.1. The molecule has 0 saturated carbocycles. The first-order chi connectivity index (χ1) is 12.6. The minimum absolute atomic E-state index is 0.210. The van der Waals surface area contributed by atoms with E-state index in [1.165, 1.54) is 12.5 Å². The van der Waals surface area contributed by atoms with Gasteiger partial charge in [-0.2, -0.15) is 0 Å². The van der Waals surface area contributed by atoms with Gasteiger partial charge < -0.3 is 16.4 Å². The van der Waals surface area contributed by atoms with Gasteiger partial charge in [0.15, 0.2) is 0 Å². The highest BCUT2D eigenvalue weighted by atomic mass is 19.1. The van der Waals surface area contributed by atoms with Gasteiger partial charge in [-0.05, 0) is 67.7 Å². The van der Waals surface area contributed by atoms with Gasteiger partial charge in [-0.3, -0.25) is 0 Å². The van der Waals surface area contributed by atoms with Crippen LogP contribution in [0.4, 0.5) is 15.9 Å². The highest BCUT2D eigenvalue weighted by molar-refractivity contribution is 5.98. The molecule has 0 radical (unpaired) electrons. The van der Waals surface area contributed by atoms with E-state index in [1.54, 1.807) is 12.3 Å². The van der Waals surface area contributed by atoms with Crippen molar-refractivity contribution in [1.29, 1.82) is 0 Å². The van der Waals surface area contributed by atoms with Crippen molar-refractivity contribution < 1.29 is 4.39 Å². The average molecular weight is 350 g/mol. The molecule has 0 unspecified atom stereocenters. The molecule has 1 saturated heterocycles. The molecule has 0 spiro atoms. The van der Waals surface area contributed by atoms with E-state index in [0.717, 1.165) is 47.2 Å². The topological polar surface area (TPSA) is 63.0 Å². The fourth-order valence-electron chi connectivity index (χ4n) is 3.70. The normalized spacial score (nSPS) is 16.9. The molecule has 5 heteroatoms. The Kier molecular flexibility index (Phi) is 4.47. The number of aryl methyl sites for hydroxylation is 1. The van der Waals surface area contributed by atoms with Crippen LogP contribution in [0.5, 0.6) is 0 Å². The number of aromatic nitrogens is 1. The molecule has 0 aliphatic carbocycles. The second-order valence-electron chi connectivity index (χ2n) is 7.03. The summed E-state index contributed by atoms with van der Waals surface area (Å²) in [5, 5.41) is 8.91. The number of nitrogens with one attached hydrogen (secondary N) is 2. The Bertz CT molecular complexity index is 928. The van der Waals surface area contributed by atoms with Crippen LogP contribution in [0.3, 0.4) is 0 Å². The number of hydrogen-bond donors (Lipinski definition) is 3. The average Bonchev–Trinajstić information content (AvgIpc) is 3.13. The van der Waals surface area contributed by atoms with Crippen molar-refractivity contribution in [2.75, 3.05) is 30.7 Å². The zero-order chi connectivity index (χ0) is 18.1. The lowest BCUT2D eigenvalue weighted by Crippen LogP contribution is -2.17. The fraction of sp³-hybridized carbons (Fsp3) is 0.286. The van der Waals surface area contributed by atoms with E-state index in [9.17, 15) is 4.39 Å². The molecule has 1 fully saturated rings. The van der Waals surface area contributed by atoms with E-state index < -0.39 is 0 Å². The Morgan fingerprint density at radius 2 is 2.19 bits per heavy atom. The molecule has 1 aliphatic heterocycles. The minimum Gasteiger partial charge on any atom is -0.384 e. The molecule has 1 aromatic heterocycles. The SMILES string of the molecule is Cc1cccc(F)c1-c1cc(NC[C@H]2CCNC2)c2cc(N)ncc2c1. The van der Waals surface area contributed by atoms with Crippen molar-refractivity contribution in [2.24, 2.45) is 5.92 Å². The molecule has 3 aromatic rings. The van der Waals surface area contributed by atoms with Crippen molar-refractivity contribution in [3.05, 3.63) is 54.0 Å². The lowest BCUT2D eigenvalue weighted by Gasteiger charge is -2.16. The van der Waals surface area contributed by atoms with E-state index in [1.807, 2.05) is 31.2 Å². The lowest BCUT2D eigenvalue weighted by atomic mass is 9.96. The van der Waals surface area contributed by atoms with Crippen LogP contribution in [-0.4, -0.2) is 24.6 Å². The van der Waals surface area contributed by atoms with E-state index in [2.05, 4.69) is 15.6 Å². The summed E-state index contributed by atoms with van der Waals surface area (Å²) in [6.07, 6.45) is 2.92. The number of nitrogens with two attached hydrogens (primary N) is 1. The van der Waals surface area contributed by atoms with E-state index >= 15 is 0 Å². The first kappa shape index (κ1) is 16.8. The molecular weight excluding hydrogens is 327 g/mol. The zero-order valence-electron chi connectivity index (χ0n) is 14.8. The number of nitrogens with zero attached hydrogens (tertiary/aromatic N) is 1. The van der Waals surface area contributed by atoms with Crippen LogP contribution < -0.4 is 16.4 Å². The first-order valence-electron chi connectivity index (χ1n) is 9.01. The van der Waals surface area contributed by atoms with Gasteiger partial charge in [0.2, 0.25) is 0 Å². The molecule has 2 aromatic carbocycles. The van der Waals surface area contributed by atoms with Crippen LogP contribution >= 0.6 is 0 Å². The van der Waals surface area contributed by atoms with Gasteiger partial charge in [-0.25, -0.2) is 9.37 Å². The Hall–Kier alpha value is -2.66. The second kappa shape index (κ2) is 6.92. The van der Waals surface area contributed by atoms with Gasteiger partial charge >= 0.3 is 0 Å². The van der Waals surface area contributed by atoms with E-state index in [-0.39, 0.29) is 5.82 Å². The Morgan fingerprint density at radius 3 is 2.96 bits per heavy atom. The number of benzene rings is 2. The van der Waals surface area contributed by atoms with Gasteiger partial charge in [0.1, 0.15) is 11.6 Å². The standard InChI is InChI=1S/C21H23FN4/c1-13-3-2-4-18(22)21(13)15-7-16-12-26-20(23)9-17(16)19(8-15)25-11-14-5-6-24-10-14/h2-4,7-9,12,14,24-25H,5-6,10-11H2,1H3,(H2,23,26)/t14-/m0/s1. The highest BCUT2D eigenvalue weighted by Crippen LogP contribution is 2.34. The number of halogens is 1. The van der Waals surface area contributed by atoms with Crippen LogP contribution in [-0.2, 0) is 0 Å². The summed E-state index contributed by atoms with van der Waals surface area (Å²) in [5.74, 6) is 0.875. The van der Waals surface area contributed by atoms with Gasteiger partial charge in [0, 0.05) is 34.8 Å². The monoisotopic (exact) mass is 350 g/mol. The zero-order valence-corrected chi connectivity index (χ0v) is 14.8. The van der Waals surface area contributed by atoms with Crippen LogP contribution in [0.25, 0.3) is 21.9 Å². The van der Waals surface area contributed by atoms with Crippen molar-refractivity contribution in [3.8, 4) is 11.1 Å². The quantitative estimate of drug-likeness (QED) is 0.667. The number of fused-ring (bicyclic) bond motifs is 1. The summed E-state index contributed by atoms with van der Waals surface area (Å²) >= 11 is 0. The number of pyridine rings is 1. The van der Waals surface area contributed by atoms with E-state index in [0.29, 0.717) is 17.3 Å². The Labute approximate surface area is 152 Å². The molecule has 1 atom stereocenters. The van der Waals surface area contributed by atoms with Crippen LogP contribution in [0.2, 0.25) is 0 Å². The second-order valence-corrected chi connectivity index (χ2v) is 7.03. The maximum Gasteiger partial charge on any atom is 0.131 e. The van der Waals surface area contributed by atoms with Gasteiger partial charge in [0.05, 0.1) is 0 Å². The number of hydrogen-bond acceptors (Lipinski definition) is 4. The molecule has 2 heterocycles. The molecule has 134 valence electrons. The van der Waals surface area contributed by atoms with Crippen molar-refractivity contribution in [2.45, 2.75) is 13.3 Å². The van der Waals surface area contributed by atoms with Gasteiger partial charge in [0.25, 0.3) is 0 Å². The largest absolute Gasteiger partial charge is 0.384 e. The maximum atomic E-state index is 14.5. The fourth-order valence-corrected chi connectivity index (χ4v) is 3.70.